The summed E-state index contributed by atoms with van der Waals surface area (Å²) in [5.41, 5.74) is 3.89. The van der Waals surface area contributed by atoms with Crippen LogP contribution in [0.1, 0.15) is 65.9 Å². The molecule has 2 aliphatic rings. The number of aryl methyl sites for hydroxylation is 2. The van der Waals surface area contributed by atoms with Crippen LogP contribution in [0, 0.1) is 6.92 Å². The number of likely N-dealkylation sites (tertiary alicyclic amines) is 1. The van der Waals surface area contributed by atoms with E-state index in [0.717, 1.165) is 42.9 Å². The fraction of sp³-hybridized carbons (Fsp3) is 0.500. The average molecular weight is 340 g/mol. The zero-order valence-corrected chi connectivity index (χ0v) is 15.0. The van der Waals surface area contributed by atoms with E-state index >= 15 is 0 Å². The quantitative estimate of drug-likeness (QED) is 0.816. The zero-order valence-electron chi connectivity index (χ0n) is 14.2. The second-order valence-corrected chi connectivity index (χ2v) is 7.95. The number of thiazole rings is 1. The summed E-state index contributed by atoms with van der Waals surface area (Å²) < 4.78 is 0. The molecule has 0 saturated carbocycles. The van der Waals surface area contributed by atoms with E-state index in [-0.39, 0.29) is 6.04 Å². The highest BCUT2D eigenvalue weighted by Crippen LogP contribution is 2.38. The van der Waals surface area contributed by atoms with Gasteiger partial charge in [-0.2, -0.15) is 0 Å². The summed E-state index contributed by atoms with van der Waals surface area (Å²) >= 11 is 1.70. The summed E-state index contributed by atoms with van der Waals surface area (Å²) in [7, 11) is 0. The van der Waals surface area contributed by atoms with Crippen molar-refractivity contribution in [3.63, 3.8) is 0 Å². The maximum absolute atomic E-state index is 13.1. The molecule has 1 amide bonds. The van der Waals surface area contributed by atoms with E-state index in [0.29, 0.717) is 18.2 Å². The number of carbonyl (C=O) groups excluding carboxylic acids is 1. The number of amides is 1. The third kappa shape index (κ3) is 3.00. The second-order valence-electron chi connectivity index (χ2n) is 7.06. The van der Waals surface area contributed by atoms with Crippen LogP contribution in [0.15, 0.2) is 29.6 Å². The van der Waals surface area contributed by atoms with Crippen molar-refractivity contribution in [1.29, 1.82) is 0 Å². The normalized spacial score (nSPS) is 23.3. The van der Waals surface area contributed by atoms with Gasteiger partial charge in [-0.15, -0.1) is 11.3 Å². The first-order valence-electron chi connectivity index (χ1n) is 9.01. The summed E-state index contributed by atoms with van der Waals surface area (Å²) in [6.45, 7) is 2.92. The average Bonchev–Trinajstić information content (AvgIpc) is 3.22. The highest BCUT2D eigenvalue weighted by molar-refractivity contribution is 7.09. The molecule has 1 aliphatic carbocycles. The van der Waals surface area contributed by atoms with Crippen LogP contribution in [0.25, 0.3) is 0 Å². The topological polar surface area (TPSA) is 33.2 Å². The Morgan fingerprint density at radius 1 is 1.29 bits per heavy atom. The maximum atomic E-state index is 13.1. The highest BCUT2D eigenvalue weighted by Gasteiger charge is 2.32. The van der Waals surface area contributed by atoms with E-state index in [9.17, 15) is 4.79 Å². The van der Waals surface area contributed by atoms with Crippen molar-refractivity contribution in [3.8, 4) is 0 Å². The molecule has 1 fully saturated rings. The lowest BCUT2D eigenvalue weighted by Gasteiger charge is -2.35. The van der Waals surface area contributed by atoms with E-state index in [1.54, 1.807) is 11.3 Å². The Kier molecular flexibility index (Phi) is 4.40. The molecule has 0 radical (unpaired) electrons. The number of rotatable bonds is 3. The molecule has 1 aromatic heterocycles. The minimum absolute atomic E-state index is 0.196. The number of hydrogen-bond donors (Lipinski definition) is 0. The first kappa shape index (κ1) is 15.8. The Morgan fingerprint density at radius 3 is 3.00 bits per heavy atom. The fourth-order valence-electron chi connectivity index (χ4n) is 4.20. The van der Waals surface area contributed by atoms with Gasteiger partial charge in [-0.25, -0.2) is 4.98 Å². The smallest absolute Gasteiger partial charge is 0.223 e. The molecule has 2 heterocycles. The van der Waals surface area contributed by atoms with Gasteiger partial charge in [0.2, 0.25) is 5.91 Å². The molecular formula is C20H24N2OS. The van der Waals surface area contributed by atoms with Crippen molar-refractivity contribution in [3.05, 3.63) is 51.5 Å². The maximum Gasteiger partial charge on any atom is 0.223 e. The van der Waals surface area contributed by atoms with Gasteiger partial charge in [0.15, 0.2) is 0 Å². The minimum atomic E-state index is 0.196. The first-order valence-corrected chi connectivity index (χ1v) is 9.89. The monoisotopic (exact) mass is 340 g/mol. The molecular weight excluding hydrogens is 316 g/mol. The first-order chi connectivity index (χ1) is 11.7. The van der Waals surface area contributed by atoms with Crippen LogP contribution in [-0.4, -0.2) is 22.3 Å². The van der Waals surface area contributed by atoms with Gasteiger partial charge in [0.25, 0.3) is 0 Å². The molecule has 3 nitrogen and oxygen atoms in total. The minimum Gasteiger partial charge on any atom is -0.333 e. The van der Waals surface area contributed by atoms with Crippen molar-refractivity contribution < 1.29 is 4.79 Å². The fourth-order valence-corrected chi connectivity index (χ4v) is 5.14. The van der Waals surface area contributed by atoms with Gasteiger partial charge < -0.3 is 4.90 Å². The van der Waals surface area contributed by atoms with Crippen molar-refractivity contribution in [1.82, 2.24) is 9.88 Å². The van der Waals surface area contributed by atoms with Crippen molar-refractivity contribution in [2.75, 3.05) is 6.54 Å². The van der Waals surface area contributed by atoms with Crippen LogP contribution in [0.3, 0.4) is 0 Å². The Balaban J connectivity index is 1.50. The summed E-state index contributed by atoms with van der Waals surface area (Å²) in [5.74, 6) is 0.712. The van der Waals surface area contributed by atoms with Gasteiger partial charge in [0, 0.05) is 24.0 Å². The Morgan fingerprint density at radius 2 is 2.17 bits per heavy atom. The number of aromatic nitrogens is 1. The van der Waals surface area contributed by atoms with E-state index < -0.39 is 0 Å². The Hall–Kier alpha value is -1.68. The molecule has 0 unspecified atom stereocenters. The lowest BCUT2D eigenvalue weighted by molar-refractivity contribution is -0.135. The third-order valence-corrected chi connectivity index (χ3v) is 6.49. The molecule has 2 aromatic rings. The van der Waals surface area contributed by atoms with Crippen molar-refractivity contribution in [2.24, 2.45) is 0 Å². The molecule has 1 aromatic carbocycles. The van der Waals surface area contributed by atoms with E-state index in [4.69, 9.17) is 0 Å². The van der Waals surface area contributed by atoms with Gasteiger partial charge >= 0.3 is 0 Å². The predicted octanol–water partition coefficient (Wildman–Crippen LogP) is 4.63. The van der Waals surface area contributed by atoms with Gasteiger partial charge in [0.05, 0.1) is 6.04 Å². The summed E-state index contributed by atoms with van der Waals surface area (Å²) in [6.07, 6.45) is 6.24. The summed E-state index contributed by atoms with van der Waals surface area (Å²) in [5, 5.41) is 3.21. The number of piperidine rings is 1. The summed E-state index contributed by atoms with van der Waals surface area (Å²) in [6, 6.07) is 8.82. The van der Waals surface area contributed by atoms with Crippen LogP contribution < -0.4 is 0 Å². The largest absolute Gasteiger partial charge is 0.333 e. The van der Waals surface area contributed by atoms with Crippen LogP contribution in [0.4, 0.5) is 0 Å². The Bertz CT molecular complexity index is 739. The molecule has 24 heavy (non-hydrogen) atoms. The number of fused-ring (bicyclic) bond motifs is 1. The molecule has 4 heteroatoms. The van der Waals surface area contributed by atoms with Crippen molar-refractivity contribution in [2.45, 2.75) is 57.4 Å². The van der Waals surface area contributed by atoms with E-state index in [2.05, 4.69) is 39.5 Å². The standard InChI is InChI=1S/C20H24N2OS/c1-14-13-24-20(21-14)18-8-4-5-11-22(18)19(23)12-16-10-9-15-6-2-3-7-17(15)16/h2-3,6-7,13,16,18H,4-5,8-12H2,1H3/t16-,18-/m1/s1. The van der Waals surface area contributed by atoms with Crippen molar-refractivity contribution >= 4 is 17.2 Å². The van der Waals surface area contributed by atoms with Crippen LogP contribution in [0.2, 0.25) is 0 Å². The molecule has 2 atom stereocenters. The second kappa shape index (κ2) is 6.67. The van der Waals surface area contributed by atoms with Crippen LogP contribution in [0.5, 0.6) is 0 Å². The lowest BCUT2D eigenvalue weighted by atomic mass is 9.95. The Labute approximate surface area is 147 Å². The van der Waals surface area contributed by atoms with E-state index in [1.807, 2.05) is 6.92 Å². The number of carbonyl (C=O) groups is 1. The predicted molar refractivity (Wildman–Crippen MR) is 97.3 cm³/mol. The number of benzene rings is 1. The molecule has 0 bridgehead atoms. The molecule has 1 aliphatic heterocycles. The van der Waals surface area contributed by atoms with Gasteiger partial charge in [-0.05, 0) is 56.1 Å². The number of nitrogens with zero attached hydrogens (tertiary/aromatic N) is 2. The SMILES string of the molecule is Cc1csc([C@H]2CCCCN2C(=O)C[C@H]2CCc3ccccc32)n1. The highest BCUT2D eigenvalue weighted by atomic mass is 32.1. The van der Waals surface area contributed by atoms with Gasteiger partial charge in [0.1, 0.15) is 5.01 Å². The number of hydrogen-bond acceptors (Lipinski definition) is 3. The van der Waals surface area contributed by atoms with Crippen LogP contribution in [-0.2, 0) is 11.2 Å². The zero-order chi connectivity index (χ0) is 16.5. The lowest BCUT2D eigenvalue weighted by Crippen LogP contribution is -2.39. The van der Waals surface area contributed by atoms with Crippen LogP contribution >= 0.6 is 11.3 Å². The molecule has 126 valence electrons. The van der Waals surface area contributed by atoms with E-state index in [1.165, 1.54) is 17.5 Å². The molecule has 0 N–H and O–H groups in total. The molecule has 4 rings (SSSR count). The van der Waals surface area contributed by atoms with Gasteiger partial charge in [-0.1, -0.05) is 24.3 Å². The molecule has 1 saturated heterocycles. The summed E-state index contributed by atoms with van der Waals surface area (Å²) in [4.78, 5) is 19.8. The third-order valence-electron chi connectivity index (χ3n) is 5.42. The molecule has 0 spiro atoms. The van der Waals surface area contributed by atoms with Gasteiger partial charge in [-0.3, -0.25) is 4.79 Å².